The number of hydrogen-bond donors (Lipinski definition) is 0. The van der Waals surface area contributed by atoms with Crippen molar-refractivity contribution in [2.75, 3.05) is 0 Å². The van der Waals surface area contributed by atoms with E-state index in [4.69, 9.17) is 4.42 Å². The van der Waals surface area contributed by atoms with E-state index in [1.54, 1.807) is 0 Å². The number of benzene rings is 10. The third-order valence-electron chi connectivity index (χ3n) is 12.7. The normalized spacial score (nSPS) is 13.3. The maximum atomic E-state index is 6.26. The van der Waals surface area contributed by atoms with Gasteiger partial charge in [0, 0.05) is 16.2 Å². The number of hydrogen-bond acceptors (Lipinski definition) is 1. The molecule has 0 fully saturated rings. The fraction of sp³-hybridized carbons (Fsp3) is 0.0545. The van der Waals surface area contributed by atoms with E-state index in [2.05, 4.69) is 190 Å². The molecule has 0 bridgehead atoms. The fourth-order valence-electron chi connectivity index (χ4n) is 10.1. The minimum atomic E-state index is -0.191. The molecule has 262 valence electrons. The smallest absolute Gasteiger partial charge is 0.136 e. The number of furan rings is 1. The molecule has 0 amide bonds. The highest BCUT2D eigenvalue weighted by Crippen LogP contribution is 2.53. The van der Waals surface area contributed by atoms with Gasteiger partial charge in [0.05, 0.1) is 0 Å². The van der Waals surface area contributed by atoms with Crippen LogP contribution in [0.2, 0.25) is 0 Å². The molecular weight excluding hydrogens is 677 g/mol. The van der Waals surface area contributed by atoms with Crippen molar-refractivity contribution in [3.8, 4) is 44.5 Å². The minimum absolute atomic E-state index is 0.191. The first kappa shape index (κ1) is 31.4. The summed E-state index contributed by atoms with van der Waals surface area (Å²) in [6.07, 6.45) is 0. The van der Waals surface area contributed by atoms with Crippen LogP contribution in [0.5, 0.6) is 0 Å². The van der Waals surface area contributed by atoms with Gasteiger partial charge in [-0.05, 0) is 123 Å². The second-order valence-electron chi connectivity index (χ2n) is 16.0. The van der Waals surface area contributed by atoms with Crippen molar-refractivity contribution < 1.29 is 4.42 Å². The van der Waals surface area contributed by atoms with Crippen molar-refractivity contribution in [2.24, 2.45) is 0 Å². The molecule has 1 nitrogen and oxygen atoms in total. The van der Waals surface area contributed by atoms with Gasteiger partial charge in [0.15, 0.2) is 0 Å². The van der Waals surface area contributed by atoms with Crippen LogP contribution in [0.25, 0.3) is 110 Å². The number of rotatable bonds is 3. The lowest BCUT2D eigenvalue weighted by Gasteiger charge is -2.23. The van der Waals surface area contributed by atoms with Gasteiger partial charge in [-0.1, -0.05) is 172 Å². The molecule has 0 radical (unpaired) electrons. The van der Waals surface area contributed by atoms with Crippen molar-refractivity contribution in [3.05, 3.63) is 193 Å². The first-order valence-corrected chi connectivity index (χ1v) is 19.6. The van der Waals surface area contributed by atoms with Crippen LogP contribution < -0.4 is 0 Å². The summed E-state index contributed by atoms with van der Waals surface area (Å²) in [6, 6.07) is 67.2. The Kier molecular flexibility index (Phi) is 6.46. The Bertz CT molecular complexity index is 3390. The molecule has 0 unspecified atom stereocenters. The van der Waals surface area contributed by atoms with Gasteiger partial charge < -0.3 is 4.42 Å². The number of para-hydroxylation sites is 1. The number of fused-ring (bicyclic) bond motifs is 11. The third kappa shape index (κ3) is 4.31. The van der Waals surface area contributed by atoms with Gasteiger partial charge in [0.25, 0.3) is 0 Å². The maximum Gasteiger partial charge on any atom is 0.136 e. The lowest BCUT2D eigenvalue weighted by atomic mass is 9.79. The van der Waals surface area contributed by atoms with E-state index in [1.165, 1.54) is 104 Å². The predicted molar refractivity (Wildman–Crippen MR) is 238 cm³/mol. The van der Waals surface area contributed by atoms with Gasteiger partial charge in [0.1, 0.15) is 11.2 Å². The van der Waals surface area contributed by atoms with Crippen molar-refractivity contribution in [1.29, 1.82) is 0 Å². The summed E-state index contributed by atoms with van der Waals surface area (Å²) in [7, 11) is 0. The highest BCUT2D eigenvalue weighted by molar-refractivity contribution is 6.24. The molecule has 0 saturated heterocycles. The SMILES string of the molecule is CC1(C)c2cc(-c3c4ccccc4c(-c4cccc5ccccc45)c4ccccc34)ccc2-c2ccc(-c3cccc4c3ccc3oc5ccccc5c34)cc21. The summed E-state index contributed by atoms with van der Waals surface area (Å²) in [4.78, 5) is 0. The van der Waals surface area contributed by atoms with Crippen LogP contribution in [-0.4, -0.2) is 0 Å². The summed E-state index contributed by atoms with van der Waals surface area (Å²) in [5.74, 6) is 0. The molecule has 1 aliphatic carbocycles. The lowest BCUT2D eigenvalue weighted by molar-refractivity contribution is 0.661. The van der Waals surface area contributed by atoms with E-state index in [0.29, 0.717) is 0 Å². The molecule has 0 saturated carbocycles. The molecule has 12 rings (SSSR count). The summed E-state index contributed by atoms with van der Waals surface area (Å²) >= 11 is 0. The summed E-state index contributed by atoms with van der Waals surface area (Å²) in [5, 5.41) is 12.5. The molecule has 1 heteroatoms. The zero-order chi connectivity index (χ0) is 37.1. The van der Waals surface area contributed by atoms with Crippen molar-refractivity contribution in [3.63, 3.8) is 0 Å². The second kappa shape index (κ2) is 11.5. The quantitative estimate of drug-likeness (QED) is 0.166. The molecule has 0 spiro atoms. The Hall–Kier alpha value is -6.96. The van der Waals surface area contributed by atoms with Crippen LogP contribution in [0.15, 0.2) is 186 Å². The van der Waals surface area contributed by atoms with Crippen LogP contribution in [0.3, 0.4) is 0 Å². The highest BCUT2D eigenvalue weighted by Gasteiger charge is 2.36. The lowest BCUT2D eigenvalue weighted by Crippen LogP contribution is -2.15. The van der Waals surface area contributed by atoms with Crippen molar-refractivity contribution in [1.82, 2.24) is 0 Å². The Morgan fingerprint density at radius 3 is 1.61 bits per heavy atom. The Balaban J connectivity index is 1.03. The van der Waals surface area contributed by atoms with Crippen LogP contribution in [0.1, 0.15) is 25.0 Å². The summed E-state index contributed by atoms with van der Waals surface area (Å²) < 4.78 is 6.26. The zero-order valence-corrected chi connectivity index (χ0v) is 31.2. The van der Waals surface area contributed by atoms with Crippen LogP contribution in [0, 0.1) is 0 Å². The predicted octanol–water partition coefficient (Wildman–Crippen LogP) is 15.5. The molecule has 11 aromatic rings. The molecule has 1 heterocycles. The molecule has 1 aliphatic rings. The molecule has 0 N–H and O–H groups in total. The van der Waals surface area contributed by atoms with Gasteiger partial charge in [-0.2, -0.15) is 0 Å². The third-order valence-corrected chi connectivity index (χ3v) is 12.7. The van der Waals surface area contributed by atoms with E-state index < -0.39 is 0 Å². The molecular formula is C55H36O. The largest absolute Gasteiger partial charge is 0.456 e. The van der Waals surface area contributed by atoms with Crippen LogP contribution in [-0.2, 0) is 5.41 Å². The fourth-order valence-corrected chi connectivity index (χ4v) is 10.1. The Morgan fingerprint density at radius 2 is 0.875 bits per heavy atom. The average Bonchev–Trinajstić information content (AvgIpc) is 3.74. The van der Waals surface area contributed by atoms with Crippen molar-refractivity contribution in [2.45, 2.75) is 19.3 Å². The highest BCUT2D eigenvalue weighted by atomic mass is 16.3. The van der Waals surface area contributed by atoms with Crippen LogP contribution >= 0.6 is 0 Å². The molecule has 0 atom stereocenters. The van der Waals surface area contributed by atoms with Crippen molar-refractivity contribution >= 4 is 65.0 Å². The summed E-state index contributed by atoms with van der Waals surface area (Å²) in [6.45, 7) is 4.80. The summed E-state index contributed by atoms with van der Waals surface area (Å²) in [5.41, 5.74) is 14.7. The van der Waals surface area contributed by atoms with E-state index in [-0.39, 0.29) is 5.41 Å². The van der Waals surface area contributed by atoms with E-state index in [0.717, 1.165) is 16.6 Å². The Morgan fingerprint density at radius 1 is 0.339 bits per heavy atom. The maximum absolute atomic E-state index is 6.26. The van der Waals surface area contributed by atoms with Gasteiger partial charge in [-0.15, -0.1) is 0 Å². The first-order chi connectivity index (χ1) is 27.5. The first-order valence-electron chi connectivity index (χ1n) is 19.6. The monoisotopic (exact) mass is 712 g/mol. The second-order valence-corrected chi connectivity index (χ2v) is 16.0. The van der Waals surface area contributed by atoms with E-state index >= 15 is 0 Å². The molecule has 56 heavy (non-hydrogen) atoms. The van der Waals surface area contributed by atoms with Gasteiger partial charge in [-0.25, -0.2) is 0 Å². The standard InChI is InChI=1S/C55H36O/c1-55(2)48-31-34(37-21-12-23-42-38(37)29-30-51-54(42)47-20-9-10-24-50(47)56-51)25-27-39(48)40-28-26-35(32-49(40)55)52-43-16-5-7-18-45(43)53(46-19-8-6-17-44(46)52)41-22-11-14-33-13-3-4-15-36(33)41/h3-32H,1-2H3. The Labute approximate surface area is 325 Å². The molecule has 1 aromatic heterocycles. The van der Waals surface area contributed by atoms with Crippen LogP contribution in [0.4, 0.5) is 0 Å². The minimum Gasteiger partial charge on any atom is -0.456 e. The molecule has 0 aliphatic heterocycles. The van der Waals surface area contributed by atoms with Gasteiger partial charge >= 0.3 is 0 Å². The van der Waals surface area contributed by atoms with E-state index in [9.17, 15) is 0 Å². The van der Waals surface area contributed by atoms with Gasteiger partial charge in [-0.3, -0.25) is 0 Å². The topological polar surface area (TPSA) is 13.1 Å². The average molecular weight is 713 g/mol. The zero-order valence-electron chi connectivity index (χ0n) is 31.2. The van der Waals surface area contributed by atoms with E-state index in [1.807, 2.05) is 6.07 Å². The molecule has 10 aromatic carbocycles. The van der Waals surface area contributed by atoms with Gasteiger partial charge in [0.2, 0.25) is 0 Å².